The van der Waals surface area contributed by atoms with Gasteiger partial charge in [0.2, 0.25) is 5.91 Å². The molecule has 0 saturated carbocycles. The molecule has 2 nitrogen and oxygen atoms in total. The van der Waals surface area contributed by atoms with Crippen LogP contribution < -0.4 is 5.32 Å². The first-order valence-corrected chi connectivity index (χ1v) is 13.3. The minimum atomic E-state index is -4.37. The quantitative estimate of drug-likeness (QED) is 0.439. The molecular weight excluding hydrogens is 486 g/mol. The lowest BCUT2D eigenvalue weighted by atomic mass is 9.76. The van der Waals surface area contributed by atoms with Gasteiger partial charge in [-0.05, 0) is 42.6 Å². The van der Waals surface area contributed by atoms with Crippen LogP contribution >= 0.6 is 46.7 Å². The lowest BCUT2D eigenvalue weighted by molar-refractivity contribution is -0.169. The topological polar surface area (TPSA) is 29.1 Å². The molecule has 0 radical (unpaired) electrons. The summed E-state index contributed by atoms with van der Waals surface area (Å²) in [4.78, 5) is 11.7. The van der Waals surface area contributed by atoms with E-state index in [0.29, 0.717) is 23.1 Å². The highest BCUT2D eigenvalue weighted by molar-refractivity contribution is 8.01. The van der Waals surface area contributed by atoms with Gasteiger partial charge in [0, 0.05) is 34.2 Å². The van der Waals surface area contributed by atoms with Crippen LogP contribution in [0.1, 0.15) is 19.8 Å². The van der Waals surface area contributed by atoms with E-state index in [1.807, 2.05) is 25.3 Å². The van der Waals surface area contributed by atoms with Crippen molar-refractivity contribution in [1.29, 1.82) is 0 Å². The Morgan fingerprint density at radius 1 is 1.35 bits per heavy atom. The summed E-state index contributed by atoms with van der Waals surface area (Å²) < 4.78 is 41.1. The third-order valence-electron chi connectivity index (χ3n) is 6.19. The monoisotopic (exact) mass is 511 g/mol. The normalized spacial score (nSPS) is 33.6. The first kappa shape index (κ1) is 25.1. The van der Waals surface area contributed by atoms with Crippen molar-refractivity contribution < 1.29 is 18.0 Å². The molecule has 0 aromatic heterocycles. The molecule has 3 rings (SSSR count). The van der Waals surface area contributed by atoms with Gasteiger partial charge in [-0.25, -0.2) is 0 Å². The second kappa shape index (κ2) is 10.2. The van der Waals surface area contributed by atoms with Gasteiger partial charge in [0.05, 0.1) is 5.75 Å². The molecule has 2 unspecified atom stereocenters. The van der Waals surface area contributed by atoms with E-state index in [1.165, 1.54) is 23.9 Å². The van der Waals surface area contributed by atoms with Gasteiger partial charge < -0.3 is 5.32 Å². The first-order valence-electron chi connectivity index (χ1n) is 10.2. The van der Waals surface area contributed by atoms with Gasteiger partial charge in [-0.3, -0.25) is 4.79 Å². The summed E-state index contributed by atoms with van der Waals surface area (Å²) in [5.74, 6) is 0.134. The van der Waals surface area contributed by atoms with Crippen molar-refractivity contribution in [3.8, 4) is 0 Å². The number of alkyl halides is 3. The first-order chi connectivity index (χ1) is 14.6. The number of halogens is 5. The van der Waals surface area contributed by atoms with E-state index in [-0.39, 0.29) is 41.5 Å². The highest BCUT2D eigenvalue weighted by Crippen LogP contribution is 2.59. The Balaban J connectivity index is 1.72. The van der Waals surface area contributed by atoms with Crippen molar-refractivity contribution in [2.45, 2.75) is 30.7 Å². The van der Waals surface area contributed by atoms with Crippen molar-refractivity contribution in [3.63, 3.8) is 0 Å². The van der Waals surface area contributed by atoms with Gasteiger partial charge in [0.15, 0.2) is 0 Å². The molecule has 1 amide bonds. The Morgan fingerprint density at radius 3 is 2.71 bits per heavy atom. The number of hydrogen-bond acceptors (Lipinski definition) is 3. The van der Waals surface area contributed by atoms with Gasteiger partial charge in [-0.2, -0.15) is 24.9 Å². The van der Waals surface area contributed by atoms with Gasteiger partial charge in [0.25, 0.3) is 0 Å². The minimum absolute atomic E-state index is 0.00284. The number of allylic oxidation sites excluding steroid dienone is 7. The van der Waals surface area contributed by atoms with Crippen LogP contribution in [-0.2, 0) is 4.79 Å². The molecule has 2 aliphatic carbocycles. The molecule has 1 saturated heterocycles. The van der Waals surface area contributed by atoms with Gasteiger partial charge in [-0.1, -0.05) is 54.4 Å². The lowest BCUT2D eigenvalue weighted by Gasteiger charge is -2.38. The van der Waals surface area contributed by atoms with Crippen LogP contribution in [0.5, 0.6) is 0 Å². The molecule has 172 valence electrons. The van der Waals surface area contributed by atoms with Crippen LogP contribution in [0.15, 0.2) is 46.0 Å². The predicted molar refractivity (Wildman–Crippen MR) is 127 cm³/mol. The van der Waals surface area contributed by atoms with Crippen molar-refractivity contribution in [2.75, 3.05) is 24.3 Å². The van der Waals surface area contributed by atoms with E-state index in [2.05, 4.69) is 11.4 Å². The third kappa shape index (κ3) is 5.71. The standard InChI is InChI=1S/C22H26Cl2F3NOS2/c1-13-5-14(3-4-15(13)10-28-20(29)12-30-2)16-9-21(31-11-16,22(25,26)27)17-6-18(23)8-19(24)7-17/h3-6,8,13,15-17H,7,9-12H2,1-2H3,(H,28,29)/t13-,15?,16+,17-,21?/m1/s1. The Labute approximate surface area is 200 Å². The number of amides is 1. The zero-order chi connectivity index (χ0) is 22.8. The fourth-order valence-electron chi connectivity index (χ4n) is 4.46. The van der Waals surface area contributed by atoms with Gasteiger partial charge in [-0.15, -0.1) is 11.8 Å². The molecule has 1 N–H and O–H groups in total. The van der Waals surface area contributed by atoms with Crippen LogP contribution in [0.4, 0.5) is 13.2 Å². The highest BCUT2D eigenvalue weighted by atomic mass is 35.5. The Hall–Kier alpha value is -0.500. The van der Waals surface area contributed by atoms with Gasteiger partial charge >= 0.3 is 6.18 Å². The summed E-state index contributed by atoms with van der Waals surface area (Å²) in [6.45, 7) is 2.57. The van der Waals surface area contributed by atoms with E-state index in [1.54, 1.807) is 0 Å². The maximum atomic E-state index is 14.3. The molecule has 3 aliphatic rings. The Bertz CT molecular complexity index is 824. The summed E-state index contributed by atoms with van der Waals surface area (Å²) in [5, 5.41) is 3.55. The van der Waals surface area contributed by atoms with Crippen LogP contribution in [-0.4, -0.2) is 41.1 Å². The smallest absolute Gasteiger partial charge is 0.355 e. The number of thioether (sulfide) groups is 2. The average Bonchev–Trinajstić information content (AvgIpc) is 3.13. The molecule has 1 heterocycles. The zero-order valence-corrected chi connectivity index (χ0v) is 20.5. The number of hydrogen-bond donors (Lipinski definition) is 1. The molecule has 9 heteroatoms. The largest absolute Gasteiger partial charge is 0.403 e. The molecule has 31 heavy (non-hydrogen) atoms. The molecule has 5 atom stereocenters. The lowest BCUT2D eigenvalue weighted by Crippen LogP contribution is -2.47. The molecule has 1 fully saturated rings. The average molecular weight is 512 g/mol. The fraction of sp³-hybridized carbons (Fsp3) is 0.591. The zero-order valence-electron chi connectivity index (χ0n) is 17.3. The van der Waals surface area contributed by atoms with E-state index >= 15 is 0 Å². The number of carbonyl (C=O) groups excluding carboxylic acids is 1. The van der Waals surface area contributed by atoms with E-state index in [4.69, 9.17) is 23.2 Å². The molecule has 0 spiro atoms. The number of nitrogens with one attached hydrogen (secondary N) is 1. The van der Waals surface area contributed by atoms with Crippen molar-refractivity contribution in [1.82, 2.24) is 5.32 Å². The molecule has 0 aromatic rings. The second-order valence-electron chi connectivity index (χ2n) is 8.34. The van der Waals surface area contributed by atoms with Crippen LogP contribution in [0.25, 0.3) is 0 Å². The predicted octanol–water partition coefficient (Wildman–Crippen LogP) is 6.53. The minimum Gasteiger partial charge on any atom is -0.355 e. The second-order valence-corrected chi connectivity index (χ2v) is 11.5. The van der Waals surface area contributed by atoms with Crippen molar-refractivity contribution in [3.05, 3.63) is 46.0 Å². The number of rotatable bonds is 6. The van der Waals surface area contributed by atoms with E-state index in [0.717, 1.165) is 17.3 Å². The van der Waals surface area contributed by atoms with Crippen molar-refractivity contribution in [2.24, 2.45) is 23.7 Å². The molecule has 0 bridgehead atoms. The Kier molecular flexibility index (Phi) is 8.26. The van der Waals surface area contributed by atoms with Crippen LogP contribution in [0, 0.1) is 23.7 Å². The van der Waals surface area contributed by atoms with Crippen LogP contribution in [0.2, 0.25) is 0 Å². The summed E-state index contributed by atoms with van der Waals surface area (Å²) in [5.41, 5.74) is 0.949. The van der Waals surface area contributed by atoms with E-state index < -0.39 is 16.8 Å². The number of carbonyl (C=O) groups is 1. The molecule has 1 aliphatic heterocycles. The van der Waals surface area contributed by atoms with Crippen LogP contribution in [0.3, 0.4) is 0 Å². The van der Waals surface area contributed by atoms with E-state index in [9.17, 15) is 18.0 Å². The summed E-state index contributed by atoms with van der Waals surface area (Å²) in [7, 11) is 0. The molecular formula is C22H26Cl2F3NOS2. The fourth-order valence-corrected chi connectivity index (χ4v) is 7.11. The molecule has 0 aromatic carbocycles. The summed E-state index contributed by atoms with van der Waals surface area (Å²) >= 11 is 14.6. The summed E-state index contributed by atoms with van der Waals surface area (Å²) in [6.07, 6.45) is 6.74. The third-order valence-corrected chi connectivity index (χ3v) is 9.02. The highest BCUT2D eigenvalue weighted by Gasteiger charge is 2.62. The SMILES string of the molecule is CSCC(=O)NCC1C=CC([C@@H]2CSC([C@@H]3C=C(Cl)C=C(Cl)C3)(C(F)(F)F)C2)=C[C@H]1C. The van der Waals surface area contributed by atoms with Gasteiger partial charge in [0.1, 0.15) is 4.75 Å². The van der Waals surface area contributed by atoms with Crippen molar-refractivity contribution >= 4 is 52.6 Å². The summed E-state index contributed by atoms with van der Waals surface area (Å²) in [6, 6.07) is 0. The maximum absolute atomic E-state index is 14.3. The maximum Gasteiger partial charge on any atom is 0.403 e. The Morgan fingerprint density at radius 2 is 2.10 bits per heavy atom.